The van der Waals surface area contributed by atoms with E-state index in [9.17, 15) is 4.79 Å². The molecule has 4 nitrogen and oxygen atoms in total. The number of hydrogen-bond acceptors (Lipinski definition) is 3. The van der Waals surface area contributed by atoms with Gasteiger partial charge in [0.05, 0.1) is 6.54 Å². The molecule has 1 unspecified atom stereocenters. The summed E-state index contributed by atoms with van der Waals surface area (Å²) in [7, 11) is 0. The van der Waals surface area contributed by atoms with Gasteiger partial charge < -0.3 is 14.8 Å². The van der Waals surface area contributed by atoms with Crippen LogP contribution < -0.4 is 14.8 Å². The smallest absolute Gasteiger partial charge is 0.260 e. The quantitative estimate of drug-likeness (QED) is 0.686. The van der Waals surface area contributed by atoms with E-state index < -0.39 is 6.10 Å². The zero-order chi connectivity index (χ0) is 20.0. The first-order valence-electron chi connectivity index (χ1n) is 9.52. The number of benzene rings is 2. The van der Waals surface area contributed by atoms with Gasteiger partial charge in [-0.15, -0.1) is 0 Å². The molecule has 0 bridgehead atoms. The van der Waals surface area contributed by atoms with Crippen LogP contribution in [0.5, 0.6) is 11.5 Å². The number of nitrogens with one attached hydrogen (secondary N) is 1. The fraction of sp³-hybridized carbons (Fsp3) is 0.435. The lowest BCUT2D eigenvalue weighted by Crippen LogP contribution is -2.38. The van der Waals surface area contributed by atoms with Crippen molar-refractivity contribution in [2.75, 3.05) is 13.2 Å². The summed E-state index contributed by atoms with van der Waals surface area (Å²) in [6, 6.07) is 12.2. The number of carbonyl (C=O) groups is 1. The Kier molecular flexibility index (Phi) is 7.28. The molecule has 0 aliphatic heterocycles. The molecule has 0 aromatic heterocycles. The van der Waals surface area contributed by atoms with E-state index in [0.717, 1.165) is 33.8 Å². The van der Waals surface area contributed by atoms with Crippen LogP contribution in [-0.2, 0) is 4.79 Å². The van der Waals surface area contributed by atoms with Gasteiger partial charge in [0.1, 0.15) is 18.1 Å². The van der Waals surface area contributed by atoms with Crippen molar-refractivity contribution in [3.63, 3.8) is 0 Å². The molecule has 0 spiro atoms. The van der Waals surface area contributed by atoms with Crippen LogP contribution in [0.2, 0.25) is 0 Å². The molecule has 0 aliphatic rings. The predicted molar refractivity (Wildman–Crippen MR) is 110 cm³/mol. The first-order valence-corrected chi connectivity index (χ1v) is 9.52. The van der Waals surface area contributed by atoms with E-state index in [1.54, 1.807) is 6.92 Å². The van der Waals surface area contributed by atoms with Gasteiger partial charge in [-0.25, -0.2) is 0 Å². The van der Waals surface area contributed by atoms with Gasteiger partial charge >= 0.3 is 0 Å². The van der Waals surface area contributed by atoms with Crippen LogP contribution >= 0.6 is 0 Å². The first-order chi connectivity index (χ1) is 12.8. The summed E-state index contributed by atoms with van der Waals surface area (Å²) in [6.45, 7) is 13.0. The summed E-state index contributed by atoms with van der Waals surface area (Å²) >= 11 is 0. The molecule has 146 valence electrons. The van der Waals surface area contributed by atoms with Crippen molar-refractivity contribution in [1.82, 2.24) is 5.32 Å². The Bertz CT molecular complexity index is 763. The third-order valence-corrected chi connectivity index (χ3v) is 4.33. The van der Waals surface area contributed by atoms with Gasteiger partial charge in [-0.3, -0.25) is 4.79 Å². The maximum atomic E-state index is 12.3. The van der Waals surface area contributed by atoms with E-state index in [-0.39, 0.29) is 5.91 Å². The van der Waals surface area contributed by atoms with Crippen LogP contribution in [0, 0.1) is 20.8 Å². The van der Waals surface area contributed by atoms with Crippen molar-refractivity contribution < 1.29 is 14.3 Å². The first kappa shape index (κ1) is 20.8. The van der Waals surface area contributed by atoms with Crippen LogP contribution in [-0.4, -0.2) is 25.2 Å². The molecule has 27 heavy (non-hydrogen) atoms. The third-order valence-electron chi connectivity index (χ3n) is 4.33. The maximum absolute atomic E-state index is 12.3. The van der Waals surface area contributed by atoms with Crippen LogP contribution in [0.15, 0.2) is 36.4 Å². The van der Waals surface area contributed by atoms with Gasteiger partial charge in [0, 0.05) is 0 Å². The summed E-state index contributed by atoms with van der Waals surface area (Å²) in [5.41, 5.74) is 4.55. The summed E-state index contributed by atoms with van der Waals surface area (Å²) in [4.78, 5) is 12.3. The molecule has 4 heteroatoms. The van der Waals surface area contributed by atoms with Crippen LogP contribution in [0.1, 0.15) is 48.9 Å². The number of aryl methyl sites for hydroxylation is 3. The Hall–Kier alpha value is -2.49. The van der Waals surface area contributed by atoms with Gasteiger partial charge in [-0.1, -0.05) is 32.0 Å². The number of amides is 1. The Morgan fingerprint density at radius 1 is 0.963 bits per heavy atom. The third kappa shape index (κ3) is 6.31. The Morgan fingerprint density at radius 3 is 2.26 bits per heavy atom. The molecule has 2 aromatic rings. The second-order valence-electron chi connectivity index (χ2n) is 7.42. The van der Waals surface area contributed by atoms with E-state index in [0.29, 0.717) is 19.1 Å². The molecule has 0 radical (unpaired) electrons. The highest BCUT2D eigenvalue weighted by Gasteiger charge is 2.17. The zero-order valence-corrected chi connectivity index (χ0v) is 17.3. The van der Waals surface area contributed by atoms with Crippen molar-refractivity contribution in [2.45, 2.75) is 53.6 Å². The van der Waals surface area contributed by atoms with Crippen molar-refractivity contribution in [2.24, 2.45) is 0 Å². The van der Waals surface area contributed by atoms with E-state index in [2.05, 4.69) is 37.4 Å². The largest absolute Gasteiger partial charge is 0.492 e. The van der Waals surface area contributed by atoms with Crippen molar-refractivity contribution >= 4 is 5.91 Å². The topological polar surface area (TPSA) is 47.6 Å². The maximum Gasteiger partial charge on any atom is 0.260 e. The van der Waals surface area contributed by atoms with E-state index >= 15 is 0 Å². The highest BCUT2D eigenvalue weighted by Crippen LogP contribution is 2.28. The summed E-state index contributed by atoms with van der Waals surface area (Å²) < 4.78 is 11.7. The second kappa shape index (κ2) is 9.45. The number of rotatable bonds is 8. The monoisotopic (exact) mass is 369 g/mol. The van der Waals surface area contributed by atoms with Gasteiger partial charge in [0.25, 0.3) is 5.91 Å². The average molecular weight is 370 g/mol. The van der Waals surface area contributed by atoms with Gasteiger partial charge in [0.15, 0.2) is 6.10 Å². The minimum Gasteiger partial charge on any atom is -0.492 e. The standard InChI is InChI=1S/C23H31NO3/c1-15(2)21-8-7-16(3)14-22(21)27-19(6)23(25)24-9-10-26-20-12-17(4)11-18(5)13-20/h7-8,11-15,19H,9-10H2,1-6H3,(H,24,25). The summed E-state index contributed by atoms with van der Waals surface area (Å²) in [6.07, 6.45) is -0.564. The Morgan fingerprint density at radius 2 is 1.63 bits per heavy atom. The number of hydrogen-bond donors (Lipinski definition) is 1. The van der Waals surface area contributed by atoms with E-state index in [1.165, 1.54) is 0 Å². The highest BCUT2D eigenvalue weighted by atomic mass is 16.5. The van der Waals surface area contributed by atoms with E-state index in [1.807, 2.05) is 39.0 Å². The molecule has 1 N–H and O–H groups in total. The Balaban J connectivity index is 1.85. The van der Waals surface area contributed by atoms with Crippen LogP contribution in [0.3, 0.4) is 0 Å². The summed E-state index contributed by atoms with van der Waals surface area (Å²) in [5, 5.41) is 2.88. The van der Waals surface area contributed by atoms with Gasteiger partial charge in [0.2, 0.25) is 0 Å². The fourth-order valence-electron chi connectivity index (χ4n) is 2.97. The average Bonchev–Trinajstić information content (AvgIpc) is 2.57. The summed E-state index contributed by atoms with van der Waals surface area (Å²) in [5.74, 6) is 1.80. The molecule has 0 heterocycles. The lowest BCUT2D eigenvalue weighted by Gasteiger charge is -2.19. The minimum absolute atomic E-state index is 0.143. The molecule has 2 aromatic carbocycles. The fourth-order valence-corrected chi connectivity index (χ4v) is 2.97. The normalized spacial score (nSPS) is 12.0. The van der Waals surface area contributed by atoms with Crippen LogP contribution in [0.25, 0.3) is 0 Å². The zero-order valence-electron chi connectivity index (χ0n) is 17.3. The van der Waals surface area contributed by atoms with E-state index in [4.69, 9.17) is 9.47 Å². The molecule has 0 fully saturated rings. The highest BCUT2D eigenvalue weighted by molar-refractivity contribution is 5.80. The lowest BCUT2D eigenvalue weighted by atomic mass is 10.0. The lowest BCUT2D eigenvalue weighted by molar-refractivity contribution is -0.127. The van der Waals surface area contributed by atoms with Gasteiger partial charge in [-0.2, -0.15) is 0 Å². The molecule has 0 aliphatic carbocycles. The van der Waals surface area contributed by atoms with Crippen molar-refractivity contribution in [3.8, 4) is 11.5 Å². The Labute approximate surface area is 162 Å². The molecule has 1 atom stereocenters. The SMILES string of the molecule is Cc1cc(C)cc(OCCNC(=O)C(C)Oc2cc(C)ccc2C(C)C)c1. The van der Waals surface area contributed by atoms with Gasteiger partial charge in [-0.05, 0) is 74.1 Å². The molecular formula is C23H31NO3. The molecular weight excluding hydrogens is 338 g/mol. The molecule has 1 amide bonds. The number of carbonyl (C=O) groups excluding carboxylic acids is 1. The number of ether oxygens (including phenoxy) is 2. The van der Waals surface area contributed by atoms with Crippen molar-refractivity contribution in [3.05, 3.63) is 58.7 Å². The second-order valence-corrected chi connectivity index (χ2v) is 7.42. The predicted octanol–water partition coefficient (Wildman–Crippen LogP) is 4.70. The van der Waals surface area contributed by atoms with Crippen molar-refractivity contribution in [1.29, 1.82) is 0 Å². The molecule has 0 saturated carbocycles. The van der Waals surface area contributed by atoms with Crippen LogP contribution in [0.4, 0.5) is 0 Å². The molecule has 2 rings (SSSR count). The minimum atomic E-state index is -0.564. The molecule has 0 saturated heterocycles.